The molecular formula is C24H35NO. The maximum absolute atomic E-state index is 5.70. The average molecular weight is 354 g/mol. The predicted octanol–water partition coefficient (Wildman–Crippen LogP) is 5.51. The zero-order valence-electron chi connectivity index (χ0n) is 16.6. The molecule has 0 amide bonds. The Morgan fingerprint density at radius 3 is 2.69 bits per heavy atom. The predicted molar refractivity (Wildman–Crippen MR) is 106 cm³/mol. The van der Waals surface area contributed by atoms with Crippen LogP contribution >= 0.6 is 0 Å². The van der Waals surface area contributed by atoms with E-state index in [9.17, 15) is 0 Å². The Morgan fingerprint density at radius 1 is 0.962 bits per heavy atom. The van der Waals surface area contributed by atoms with Crippen LogP contribution in [0.15, 0.2) is 24.3 Å². The molecule has 0 aromatic heterocycles. The van der Waals surface area contributed by atoms with E-state index in [-0.39, 0.29) is 0 Å². The third-order valence-electron chi connectivity index (χ3n) is 8.45. The summed E-state index contributed by atoms with van der Waals surface area (Å²) in [6, 6.07) is 10.4. The molecule has 1 heterocycles. The fraction of sp³-hybridized carbons (Fsp3) is 0.750. The van der Waals surface area contributed by atoms with E-state index in [2.05, 4.69) is 36.1 Å². The topological polar surface area (TPSA) is 12.5 Å². The van der Waals surface area contributed by atoms with Crippen molar-refractivity contribution in [1.82, 2.24) is 4.90 Å². The fourth-order valence-electron chi connectivity index (χ4n) is 7.46. The van der Waals surface area contributed by atoms with Crippen molar-refractivity contribution in [3.05, 3.63) is 29.8 Å². The highest BCUT2D eigenvalue weighted by Gasteiger charge is 2.57. The van der Waals surface area contributed by atoms with Gasteiger partial charge >= 0.3 is 0 Å². The molecule has 7 unspecified atom stereocenters. The zero-order chi connectivity index (χ0) is 17.7. The summed E-state index contributed by atoms with van der Waals surface area (Å²) in [4.78, 5) is 2.98. The van der Waals surface area contributed by atoms with Crippen molar-refractivity contribution in [2.24, 2.45) is 29.6 Å². The second kappa shape index (κ2) is 6.86. The zero-order valence-corrected chi connectivity index (χ0v) is 16.6. The van der Waals surface area contributed by atoms with E-state index >= 15 is 0 Å². The highest BCUT2D eigenvalue weighted by atomic mass is 16.5. The van der Waals surface area contributed by atoms with Gasteiger partial charge in [0, 0.05) is 24.2 Å². The molecule has 1 aromatic carbocycles. The normalized spacial score (nSPS) is 42.2. The SMILES string of the molecule is COc1ccccc1CN1C2CCC(C)CC2C2CC3CCCCC3C21. The summed E-state index contributed by atoms with van der Waals surface area (Å²) in [5.41, 5.74) is 1.40. The number of methoxy groups -OCH3 is 1. The van der Waals surface area contributed by atoms with Crippen molar-refractivity contribution in [3.8, 4) is 5.75 Å². The molecule has 0 bridgehead atoms. The molecule has 2 nitrogen and oxygen atoms in total. The van der Waals surface area contributed by atoms with Crippen LogP contribution in [0.25, 0.3) is 0 Å². The maximum atomic E-state index is 5.70. The Labute approximate surface area is 159 Å². The van der Waals surface area contributed by atoms with Gasteiger partial charge in [0.25, 0.3) is 0 Å². The lowest BCUT2D eigenvalue weighted by atomic mass is 9.74. The van der Waals surface area contributed by atoms with Gasteiger partial charge in [-0.05, 0) is 67.8 Å². The molecule has 1 aliphatic heterocycles. The summed E-state index contributed by atoms with van der Waals surface area (Å²) in [6.45, 7) is 3.60. The van der Waals surface area contributed by atoms with Crippen LogP contribution in [0.4, 0.5) is 0 Å². The summed E-state index contributed by atoms with van der Waals surface area (Å²) in [5.74, 6) is 5.96. The molecule has 0 radical (unpaired) electrons. The van der Waals surface area contributed by atoms with Gasteiger partial charge < -0.3 is 4.74 Å². The summed E-state index contributed by atoms with van der Waals surface area (Å²) in [5, 5.41) is 0. The number of rotatable bonds is 3. The molecule has 26 heavy (non-hydrogen) atoms. The van der Waals surface area contributed by atoms with Crippen LogP contribution in [0.5, 0.6) is 5.75 Å². The van der Waals surface area contributed by atoms with Crippen LogP contribution < -0.4 is 4.74 Å². The Bertz CT molecular complexity index is 643. The number of fused-ring (bicyclic) bond motifs is 5. The van der Waals surface area contributed by atoms with Gasteiger partial charge in [-0.1, -0.05) is 44.4 Å². The third-order valence-corrected chi connectivity index (χ3v) is 8.45. The van der Waals surface area contributed by atoms with E-state index in [4.69, 9.17) is 4.74 Å². The largest absolute Gasteiger partial charge is 0.496 e. The number of ether oxygens (including phenoxy) is 1. The van der Waals surface area contributed by atoms with Gasteiger partial charge in [0.2, 0.25) is 0 Å². The van der Waals surface area contributed by atoms with Crippen molar-refractivity contribution < 1.29 is 4.74 Å². The van der Waals surface area contributed by atoms with Gasteiger partial charge in [-0.2, -0.15) is 0 Å². The van der Waals surface area contributed by atoms with Crippen molar-refractivity contribution in [3.63, 3.8) is 0 Å². The molecule has 3 saturated carbocycles. The van der Waals surface area contributed by atoms with Gasteiger partial charge in [0.15, 0.2) is 0 Å². The van der Waals surface area contributed by atoms with Crippen molar-refractivity contribution in [2.75, 3.05) is 7.11 Å². The second-order valence-electron chi connectivity index (χ2n) is 9.73. The molecule has 0 N–H and O–H groups in total. The van der Waals surface area contributed by atoms with Crippen molar-refractivity contribution >= 4 is 0 Å². The Morgan fingerprint density at radius 2 is 1.81 bits per heavy atom. The van der Waals surface area contributed by atoms with Gasteiger partial charge in [0.1, 0.15) is 5.75 Å². The van der Waals surface area contributed by atoms with Gasteiger partial charge in [0.05, 0.1) is 7.11 Å². The van der Waals surface area contributed by atoms with Crippen LogP contribution in [0.1, 0.15) is 63.9 Å². The minimum atomic E-state index is 0.828. The molecule has 3 aliphatic carbocycles. The Kier molecular flexibility index (Phi) is 4.51. The maximum Gasteiger partial charge on any atom is 0.123 e. The van der Waals surface area contributed by atoms with E-state index in [1.807, 2.05) is 7.11 Å². The monoisotopic (exact) mass is 353 g/mol. The minimum absolute atomic E-state index is 0.828. The Hall–Kier alpha value is -1.02. The van der Waals surface area contributed by atoms with E-state index in [0.29, 0.717) is 0 Å². The van der Waals surface area contributed by atoms with Gasteiger partial charge in [-0.3, -0.25) is 4.90 Å². The van der Waals surface area contributed by atoms with Gasteiger partial charge in [-0.25, -0.2) is 0 Å². The summed E-state index contributed by atoms with van der Waals surface area (Å²) in [6.07, 6.45) is 11.8. The molecule has 142 valence electrons. The third kappa shape index (κ3) is 2.71. The smallest absolute Gasteiger partial charge is 0.123 e. The standard InChI is InChI=1S/C24H35NO/c1-16-11-12-22-20(13-16)21-14-17-7-3-5-9-19(17)24(21)25(22)15-18-8-4-6-10-23(18)26-2/h4,6,8,10,16-17,19-22,24H,3,5,7,9,11-15H2,1-2H3. The highest BCUT2D eigenvalue weighted by Crippen LogP contribution is 2.58. The highest BCUT2D eigenvalue weighted by molar-refractivity contribution is 5.33. The molecule has 4 aliphatic rings. The van der Waals surface area contributed by atoms with Crippen LogP contribution in [0, 0.1) is 29.6 Å². The van der Waals surface area contributed by atoms with Gasteiger partial charge in [-0.15, -0.1) is 0 Å². The number of hydrogen-bond donors (Lipinski definition) is 0. The fourth-order valence-corrected chi connectivity index (χ4v) is 7.46. The molecule has 4 fully saturated rings. The summed E-state index contributed by atoms with van der Waals surface area (Å²) in [7, 11) is 1.82. The first kappa shape index (κ1) is 17.1. The number of benzene rings is 1. The summed E-state index contributed by atoms with van der Waals surface area (Å²) < 4.78 is 5.70. The van der Waals surface area contributed by atoms with Crippen LogP contribution in [-0.2, 0) is 6.54 Å². The van der Waals surface area contributed by atoms with Crippen molar-refractivity contribution in [1.29, 1.82) is 0 Å². The van der Waals surface area contributed by atoms with Crippen LogP contribution in [0.3, 0.4) is 0 Å². The number of para-hydroxylation sites is 1. The molecule has 5 rings (SSSR count). The van der Waals surface area contributed by atoms with E-state index < -0.39 is 0 Å². The first-order valence-electron chi connectivity index (χ1n) is 11.1. The number of nitrogens with zero attached hydrogens (tertiary/aromatic N) is 1. The van der Waals surface area contributed by atoms with Crippen LogP contribution in [-0.4, -0.2) is 24.1 Å². The lowest BCUT2D eigenvalue weighted by Gasteiger charge is -2.40. The first-order valence-corrected chi connectivity index (χ1v) is 11.1. The minimum Gasteiger partial charge on any atom is -0.496 e. The van der Waals surface area contributed by atoms with E-state index in [1.165, 1.54) is 56.9 Å². The van der Waals surface area contributed by atoms with E-state index in [0.717, 1.165) is 54.0 Å². The lowest BCUT2D eigenvalue weighted by molar-refractivity contribution is 0.0796. The van der Waals surface area contributed by atoms with Crippen LogP contribution in [0.2, 0.25) is 0 Å². The summed E-state index contributed by atoms with van der Waals surface area (Å²) >= 11 is 0. The van der Waals surface area contributed by atoms with Crippen molar-refractivity contribution in [2.45, 2.75) is 76.9 Å². The molecule has 7 atom stereocenters. The quantitative estimate of drug-likeness (QED) is 0.710. The second-order valence-corrected chi connectivity index (χ2v) is 9.73. The first-order chi connectivity index (χ1) is 12.8. The molecule has 1 aromatic rings. The number of likely N-dealkylation sites (tertiary alicyclic amines) is 1. The Balaban J connectivity index is 1.47. The molecule has 1 saturated heterocycles. The molecule has 0 spiro atoms. The lowest BCUT2D eigenvalue weighted by Crippen LogP contribution is -2.43. The number of hydrogen-bond acceptors (Lipinski definition) is 2. The average Bonchev–Trinajstić information content (AvgIpc) is 3.18. The van der Waals surface area contributed by atoms with E-state index in [1.54, 1.807) is 0 Å². The molecule has 2 heteroatoms. The molecular weight excluding hydrogens is 318 g/mol.